The Kier molecular flexibility index (Phi) is 4.51. The van der Waals surface area contributed by atoms with Crippen molar-refractivity contribution in [2.45, 2.75) is 38.0 Å². The number of fused-ring (bicyclic) bond motifs is 1. The van der Waals surface area contributed by atoms with Gasteiger partial charge in [0.05, 0.1) is 0 Å². The van der Waals surface area contributed by atoms with Crippen LogP contribution in [0.4, 0.5) is 0 Å². The molecule has 1 atom stereocenters. The summed E-state index contributed by atoms with van der Waals surface area (Å²) in [5.41, 5.74) is 4.11. The zero-order valence-electron chi connectivity index (χ0n) is 12.3. The van der Waals surface area contributed by atoms with Crippen LogP contribution >= 0.6 is 23.2 Å². The molecule has 0 amide bonds. The van der Waals surface area contributed by atoms with E-state index in [0.717, 1.165) is 28.5 Å². The van der Waals surface area contributed by atoms with Gasteiger partial charge in [0.1, 0.15) is 7.05 Å². The molecule has 1 unspecified atom stereocenters. The van der Waals surface area contributed by atoms with Gasteiger partial charge in [-0.2, -0.15) is 0 Å². The van der Waals surface area contributed by atoms with Gasteiger partial charge in [-0.05, 0) is 61.3 Å². The molecule has 1 aliphatic carbocycles. The zero-order valence-corrected chi connectivity index (χ0v) is 13.8. The first-order chi connectivity index (χ1) is 10.1. The van der Waals surface area contributed by atoms with Crippen molar-refractivity contribution in [1.29, 1.82) is 0 Å². The van der Waals surface area contributed by atoms with Gasteiger partial charge in [0.2, 0.25) is 0 Å². The van der Waals surface area contributed by atoms with Crippen LogP contribution in [0.2, 0.25) is 10.0 Å². The van der Waals surface area contributed by atoms with Crippen LogP contribution in [-0.4, -0.2) is 0 Å². The Bertz CT molecular complexity index is 631. The van der Waals surface area contributed by atoms with Gasteiger partial charge in [-0.3, -0.25) is 0 Å². The third-order valence-corrected chi connectivity index (χ3v) is 5.17. The number of nitrogens with zero attached hydrogens (tertiary/aromatic N) is 1. The summed E-state index contributed by atoms with van der Waals surface area (Å²) in [5, 5.41) is 1.58. The van der Waals surface area contributed by atoms with Crippen molar-refractivity contribution >= 4 is 23.2 Å². The molecular formula is C18H20Cl2N+. The summed E-state index contributed by atoms with van der Waals surface area (Å²) in [6.45, 7) is 0. The van der Waals surface area contributed by atoms with E-state index in [0.29, 0.717) is 5.92 Å². The van der Waals surface area contributed by atoms with Crippen LogP contribution in [0.25, 0.3) is 0 Å². The summed E-state index contributed by atoms with van der Waals surface area (Å²) in [6, 6.07) is 8.05. The van der Waals surface area contributed by atoms with Crippen LogP contribution in [0.3, 0.4) is 0 Å². The first-order valence-electron chi connectivity index (χ1n) is 7.56. The molecule has 1 nitrogen and oxygen atoms in total. The molecule has 0 aliphatic heterocycles. The van der Waals surface area contributed by atoms with Crippen LogP contribution in [0, 0.1) is 0 Å². The van der Waals surface area contributed by atoms with Crippen molar-refractivity contribution in [2.75, 3.05) is 0 Å². The Morgan fingerprint density at radius 2 is 1.95 bits per heavy atom. The molecule has 1 aromatic carbocycles. The first kappa shape index (κ1) is 14.9. The van der Waals surface area contributed by atoms with Gasteiger partial charge in [0.15, 0.2) is 12.4 Å². The van der Waals surface area contributed by atoms with Crippen molar-refractivity contribution in [3.05, 3.63) is 63.4 Å². The quantitative estimate of drug-likeness (QED) is 0.710. The summed E-state index contributed by atoms with van der Waals surface area (Å²) >= 11 is 12.6. The highest BCUT2D eigenvalue weighted by Gasteiger charge is 2.22. The largest absolute Gasteiger partial charge is 0.208 e. The van der Waals surface area contributed by atoms with Gasteiger partial charge in [-0.25, -0.2) is 4.57 Å². The number of aryl methyl sites for hydroxylation is 2. The number of benzene rings is 1. The lowest BCUT2D eigenvalue weighted by Crippen LogP contribution is -2.29. The van der Waals surface area contributed by atoms with Crippen molar-refractivity contribution in [1.82, 2.24) is 0 Å². The standard InChI is InChI=1S/C18H20Cl2N/c1-21-11-10-15-13(4-2-5-14(15)12-21)8-9-16-17(19)6-3-7-18(16)20/h3,6-7,10-13H,2,4-5,8-9H2,1H3/q+1. The molecule has 2 aromatic rings. The summed E-state index contributed by atoms with van der Waals surface area (Å²) in [5.74, 6) is 0.627. The van der Waals surface area contributed by atoms with Crippen molar-refractivity contribution < 1.29 is 4.57 Å². The predicted octanol–water partition coefficient (Wildman–Crippen LogP) is 4.87. The molecule has 3 rings (SSSR count). The van der Waals surface area contributed by atoms with Gasteiger partial charge in [0.25, 0.3) is 0 Å². The highest BCUT2D eigenvalue weighted by Crippen LogP contribution is 2.35. The minimum absolute atomic E-state index is 0.627. The lowest BCUT2D eigenvalue weighted by atomic mass is 9.81. The fourth-order valence-electron chi connectivity index (χ4n) is 3.36. The molecule has 3 heteroatoms. The SMILES string of the molecule is C[n+]1ccc2c(c1)CCCC2CCc1c(Cl)cccc1Cl. The molecule has 1 aromatic heterocycles. The Hall–Kier alpha value is -1.05. The Morgan fingerprint density at radius 1 is 1.19 bits per heavy atom. The normalized spacial score (nSPS) is 17.6. The fourth-order valence-corrected chi connectivity index (χ4v) is 3.95. The Labute approximate surface area is 136 Å². The molecule has 0 N–H and O–H groups in total. The van der Waals surface area contributed by atoms with E-state index in [1.807, 2.05) is 18.2 Å². The third-order valence-electron chi connectivity index (χ3n) is 4.46. The zero-order chi connectivity index (χ0) is 14.8. The van der Waals surface area contributed by atoms with Gasteiger partial charge < -0.3 is 0 Å². The van der Waals surface area contributed by atoms with Gasteiger partial charge in [-0.15, -0.1) is 0 Å². The number of hydrogen-bond donors (Lipinski definition) is 0. The van der Waals surface area contributed by atoms with Crippen LogP contribution < -0.4 is 4.57 Å². The van der Waals surface area contributed by atoms with E-state index in [4.69, 9.17) is 23.2 Å². The van der Waals surface area contributed by atoms with Gasteiger partial charge in [0, 0.05) is 21.7 Å². The van der Waals surface area contributed by atoms with Crippen LogP contribution in [-0.2, 0) is 19.9 Å². The van der Waals surface area contributed by atoms with E-state index < -0.39 is 0 Å². The molecule has 110 valence electrons. The van der Waals surface area contributed by atoms with Crippen molar-refractivity contribution in [2.24, 2.45) is 7.05 Å². The first-order valence-corrected chi connectivity index (χ1v) is 8.31. The van der Waals surface area contributed by atoms with Crippen LogP contribution in [0.1, 0.15) is 41.9 Å². The van der Waals surface area contributed by atoms with Crippen molar-refractivity contribution in [3.63, 3.8) is 0 Å². The monoisotopic (exact) mass is 320 g/mol. The molecule has 0 radical (unpaired) electrons. The van der Waals surface area contributed by atoms with E-state index in [2.05, 4.69) is 30.1 Å². The van der Waals surface area contributed by atoms with Crippen LogP contribution in [0.5, 0.6) is 0 Å². The van der Waals surface area contributed by atoms with E-state index in [9.17, 15) is 0 Å². The van der Waals surface area contributed by atoms with Gasteiger partial charge >= 0.3 is 0 Å². The second kappa shape index (κ2) is 6.37. The highest BCUT2D eigenvalue weighted by atomic mass is 35.5. The maximum absolute atomic E-state index is 6.28. The lowest BCUT2D eigenvalue weighted by molar-refractivity contribution is -0.672. The minimum Gasteiger partial charge on any atom is -0.208 e. The number of rotatable bonds is 3. The third kappa shape index (κ3) is 3.25. The predicted molar refractivity (Wildman–Crippen MR) is 88.1 cm³/mol. The summed E-state index contributed by atoms with van der Waals surface area (Å²) in [4.78, 5) is 0. The van der Waals surface area contributed by atoms with E-state index in [1.165, 1.54) is 30.4 Å². The molecule has 0 saturated carbocycles. The number of halogens is 2. The summed E-state index contributed by atoms with van der Waals surface area (Å²) in [6.07, 6.45) is 10.2. The maximum atomic E-state index is 6.28. The molecule has 21 heavy (non-hydrogen) atoms. The topological polar surface area (TPSA) is 3.88 Å². The fraction of sp³-hybridized carbons (Fsp3) is 0.389. The summed E-state index contributed by atoms with van der Waals surface area (Å²) in [7, 11) is 2.09. The smallest absolute Gasteiger partial charge is 0.171 e. The number of hydrogen-bond acceptors (Lipinski definition) is 0. The number of pyridine rings is 1. The molecule has 0 spiro atoms. The molecule has 1 heterocycles. The highest BCUT2D eigenvalue weighted by molar-refractivity contribution is 6.35. The second-order valence-corrected chi connectivity index (χ2v) is 6.73. The molecule has 0 fully saturated rings. The molecule has 0 saturated heterocycles. The minimum atomic E-state index is 0.627. The molecular weight excluding hydrogens is 301 g/mol. The van der Waals surface area contributed by atoms with Crippen molar-refractivity contribution in [3.8, 4) is 0 Å². The number of aromatic nitrogens is 1. The molecule has 0 bridgehead atoms. The second-order valence-electron chi connectivity index (χ2n) is 5.92. The van der Waals surface area contributed by atoms with E-state index in [-0.39, 0.29) is 0 Å². The summed E-state index contributed by atoms with van der Waals surface area (Å²) < 4.78 is 2.14. The van der Waals surface area contributed by atoms with E-state index >= 15 is 0 Å². The maximum Gasteiger partial charge on any atom is 0.171 e. The lowest BCUT2D eigenvalue weighted by Gasteiger charge is -2.24. The Balaban J connectivity index is 1.78. The average molecular weight is 321 g/mol. The van der Waals surface area contributed by atoms with Gasteiger partial charge in [-0.1, -0.05) is 29.3 Å². The van der Waals surface area contributed by atoms with E-state index in [1.54, 1.807) is 0 Å². The molecule has 1 aliphatic rings. The average Bonchev–Trinajstić information content (AvgIpc) is 2.46. The Morgan fingerprint density at radius 3 is 2.71 bits per heavy atom. The van der Waals surface area contributed by atoms with Crippen LogP contribution in [0.15, 0.2) is 36.7 Å².